The Morgan fingerprint density at radius 2 is 2.29 bits per heavy atom. The van der Waals surface area contributed by atoms with Crippen LogP contribution in [0.2, 0.25) is 0 Å². The average molecular weight is 205 g/mol. The zero-order chi connectivity index (χ0) is 10.3. The van der Waals surface area contributed by atoms with E-state index >= 15 is 0 Å². The van der Waals surface area contributed by atoms with Crippen LogP contribution < -0.4 is 5.73 Å². The molecule has 0 radical (unpaired) electrons. The first-order chi connectivity index (χ1) is 6.52. The van der Waals surface area contributed by atoms with Crippen LogP contribution in [0.3, 0.4) is 0 Å². The van der Waals surface area contributed by atoms with Gasteiger partial charge in [0.15, 0.2) is 5.69 Å². The van der Waals surface area contributed by atoms with Gasteiger partial charge in [0.25, 0.3) is 0 Å². The van der Waals surface area contributed by atoms with Crippen molar-refractivity contribution >= 4 is 0 Å². The van der Waals surface area contributed by atoms with E-state index in [2.05, 4.69) is 10.2 Å². The molecular weight excluding hydrogens is 195 g/mol. The first kappa shape index (κ1) is 9.51. The lowest BCUT2D eigenvalue weighted by Crippen LogP contribution is -2.04. The molecule has 0 bridgehead atoms. The SMILES string of the molecule is NCC1CC1c1cc(C(F)(F)F)n[nH]1. The predicted octanol–water partition coefficient (Wildman–Crippen LogP) is 1.49. The maximum absolute atomic E-state index is 12.2. The number of alkyl halides is 3. The molecule has 1 aromatic heterocycles. The molecule has 6 heteroatoms. The standard InChI is InChI=1S/C8H10F3N3/c9-8(10,11)7-2-6(13-14-7)5-1-4(5)3-12/h2,4-5H,1,3,12H2,(H,13,14). The zero-order valence-electron chi connectivity index (χ0n) is 7.30. The van der Waals surface area contributed by atoms with Crippen molar-refractivity contribution in [2.75, 3.05) is 6.54 Å². The molecule has 3 nitrogen and oxygen atoms in total. The van der Waals surface area contributed by atoms with E-state index in [-0.39, 0.29) is 5.92 Å². The second-order valence-electron chi connectivity index (χ2n) is 3.54. The normalized spacial score (nSPS) is 26.6. The maximum Gasteiger partial charge on any atom is 0.435 e. The average Bonchev–Trinajstić information content (AvgIpc) is 2.71. The van der Waals surface area contributed by atoms with Gasteiger partial charge in [0.2, 0.25) is 0 Å². The lowest BCUT2D eigenvalue weighted by Gasteiger charge is -1.98. The fourth-order valence-electron chi connectivity index (χ4n) is 1.56. The molecule has 0 saturated heterocycles. The van der Waals surface area contributed by atoms with Crippen molar-refractivity contribution in [2.45, 2.75) is 18.5 Å². The van der Waals surface area contributed by atoms with Gasteiger partial charge in [-0.05, 0) is 24.9 Å². The Morgan fingerprint density at radius 1 is 1.57 bits per heavy atom. The summed E-state index contributed by atoms with van der Waals surface area (Å²) < 4.78 is 36.5. The van der Waals surface area contributed by atoms with Crippen molar-refractivity contribution in [2.24, 2.45) is 11.7 Å². The van der Waals surface area contributed by atoms with Crippen LogP contribution in [0.15, 0.2) is 6.07 Å². The topological polar surface area (TPSA) is 54.7 Å². The number of aromatic nitrogens is 2. The van der Waals surface area contributed by atoms with Gasteiger partial charge in [-0.15, -0.1) is 0 Å². The van der Waals surface area contributed by atoms with Crippen LogP contribution >= 0.6 is 0 Å². The number of aromatic amines is 1. The van der Waals surface area contributed by atoms with Crippen molar-refractivity contribution in [1.82, 2.24) is 10.2 Å². The third kappa shape index (κ3) is 1.61. The summed E-state index contributed by atoms with van der Waals surface area (Å²) in [6.45, 7) is 0.519. The molecule has 1 aliphatic rings. The number of H-pyrrole nitrogens is 1. The third-order valence-electron chi connectivity index (χ3n) is 2.51. The van der Waals surface area contributed by atoms with Gasteiger partial charge in [-0.25, -0.2) is 0 Å². The summed E-state index contributed by atoms with van der Waals surface area (Å²) in [4.78, 5) is 0. The molecule has 1 saturated carbocycles. The largest absolute Gasteiger partial charge is 0.435 e. The molecule has 0 spiro atoms. The Labute approximate surface area is 78.5 Å². The molecule has 2 unspecified atom stereocenters. The van der Waals surface area contributed by atoms with Crippen LogP contribution in [0.25, 0.3) is 0 Å². The number of halogens is 3. The number of nitrogens with one attached hydrogen (secondary N) is 1. The van der Waals surface area contributed by atoms with Crippen molar-refractivity contribution in [3.8, 4) is 0 Å². The number of nitrogens with two attached hydrogens (primary N) is 1. The molecule has 0 amide bonds. The number of nitrogens with zero attached hydrogens (tertiary/aromatic N) is 1. The summed E-state index contributed by atoms with van der Waals surface area (Å²) in [5.41, 5.74) is 5.09. The van der Waals surface area contributed by atoms with E-state index in [1.54, 1.807) is 0 Å². The van der Waals surface area contributed by atoms with E-state index < -0.39 is 11.9 Å². The van der Waals surface area contributed by atoms with Gasteiger partial charge in [-0.3, -0.25) is 5.10 Å². The van der Waals surface area contributed by atoms with Gasteiger partial charge >= 0.3 is 6.18 Å². The van der Waals surface area contributed by atoms with Gasteiger partial charge in [0.1, 0.15) is 0 Å². The summed E-state index contributed by atoms with van der Waals surface area (Å²) in [7, 11) is 0. The molecule has 0 aliphatic heterocycles. The maximum atomic E-state index is 12.2. The molecule has 1 heterocycles. The van der Waals surface area contributed by atoms with Gasteiger partial charge in [0.05, 0.1) is 0 Å². The first-order valence-corrected chi connectivity index (χ1v) is 4.35. The Kier molecular flexibility index (Phi) is 2.02. The van der Waals surface area contributed by atoms with Crippen LogP contribution in [0.4, 0.5) is 13.2 Å². The highest BCUT2D eigenvalue weighted by molar-refractivity contribution is 5.21. The fourth-order valence-corrected chi connectivity index (χ4v) is 1.56. The molecule has 2 atom stereocenters. The predicted molar refractivity (Wildman–Crippen MR) is 43.5 cm³/mol. The molecule has 78 valence electrons. The second kappa shape index (κ2) is 2.98. The highest BCUT2D eigenvalue weighted by atomic mass is 19.4. The van der Waals surface area contributed by atoms with Gasteiger partial charge in [-0.2, -0.15) is 18.3 Å². The summed E-state index contributed by atoms with van der Waals surface area (Å²) in [6, 6.07) is 1.07. The van der Waals surface area contributed by atoms with E-state index in [4.69, 9.17) is 5.73 Å². The number of hydrogen-bond donors (Lipinski definition) is 2. The van der Waals surface area contributed by atoms with Crippen LogP contribution in [-0.2, 0) is 6.18 Å². The van der Waals surface area contributed by atoms with Crippen molar-refractivity contribution in [1.29, 1.82) is 0 Å². The van der Waals surface area contributed by atoms with E-state index in [1.807, 2.05) is 0 Å². The van der Waals surface area contributed by atoms with E-state index in [0.717, 1.165) is 12.5 Å². The zero-order valence-corrected chi connectivity index (χ0v) is 7.30. The summed E-state index contributed by atoms with van der Waals surface area (Å²) >= 11 is 0. The van der Waals surface area contributed by atoms with Gasteiger partial charge < -0.3 is 5.73 Å². The third-order valence-corrected chi connectivity index (χ3v) is 2.51. The second-order valence-corrected chi connectivity index (χ2v) is 3.54. The Morgan fingerprint density at radius 3 is 2.71 bits per heavy atom. The van der Waals surface area contributed by atoms with Crippen molar-refractivity contribution in [3.05, 3.63) is 17.5 Å². The smallest absolute Gasteiger partial charge is 0.330 e. The van der Waals surface area contributed by atoms with E-state index in [1.165, 1.54) is 0 Å². The number of rotatable bonds is 2. The molecule has 2 rings (SSSR count). The van der Waals surface area contributed by atoms with Crippen LogP contribution in [0.1, 0.15) is 23.7 Å². The fraction of sp³-hybridized carbons (Fsp3) is 0.625. The summed E-state index contributed by atoms with van der Waals surface area (Å²) in [5.74, 6) is 0.458. The Hall–Kier alpha value is -1.04. The molecule has 1 aromatic rings. The quantitative estimate of drug-likeness (QED) is 0.768. The van der Waals surface area contributed by atoms with E-state index in [9.17, 15) is 13.2 Å². The minimum absolute atomic E-state index is 0.142. The first-order valence-electron chi connectivity index (χ1n) is 4.35. The molecule has 1 aliphatic carbocycles. The Bertz CT molecular complexity index is 331. The minimum atomic E-state index is -4.36. The number of hydrogen-bond acceptors (Lipinski definition) is 2. The Balaban J connectivity index is 2.12. The molecule has 0 aromatic carbocycles. The molecular formula is C8H10F3N3. The highest BCUT2D eigenvalue weighted by Crippen LogP contribution is 2.46. The monoisotopic (exact) mass is 205 g/mol. The van der Waals surface area contributed by atoms with Gasteiger partial charge in [-0.1, -0.05) is 0 Å². The lowest BCUT2D eigenvalue weighted by atomic mass is 10.2. The van der Waals surface area contributed by atoms with Crippen LogP contribution in [0, 0.1) is 5.92 Å². The van der Waals surface area contributed by atoms with Crippen LogP contribution in [-0.4, -0.2) is 16.7 Å². The molecule has 1 fully saturated rings. The summed E-state index contributed by atoms with van der Waals surface area (Å²) in [6.07, 6.45) is -3.50. The van der Waals surface area contributed by atoms with Crippen molar-refractivity contribution < 1.29 is 13.2 Å². The summed E-state index contributed by atoms with van der Waals surface area (Å²) in [5, 5.41) is 5.64. The highest BCUT2D eigenvalue weighted by Gasteiger charge is 2.41. The lowest BCUT2D eigenvalue weighted by molar-refractivity contribution is -0.141. The molecule has 3 N–H and O–H groups in total. The van der Waals surface area contributed by atoms with Gasteiger partial charge in [0, 0.05) is 11.6 Å². The molecule has 14 heavy (non-hydrogen) atoms. The minimum Gasteiger partial charge on any atom is -0.330 e. The van der Waals surface area contributed by atoms with E-state index in [0.29, 0.717) is 18.2 Å². The van der Waals surface area contributed by atoms with Crippen LogP contribution in [0.5, 0.6) is 0 Å². The van der Waals surface area contributed by atoms with Crippen molar-refractivity contribution in [3.63, 3.8) is 0 Å².